The Bertz CT molecular complexity index is 871. The summed E-state index contributed by atoms with van der Waals surface area (Å²) in [7, 11) is 0. The third-order valence-electron chi connectivity index (χ3n) is 3.69. The van der Waals surface area contributed by atoms with Crippen LogP contribution in [0.3, 0.4) is 0 Å². The highest BCUT2D eigenvalue weighted by atomic mass is 79.9. The molecular formula is C15H14BrF2N5O3. The van der Waals surface area contributed by atoms with Crippen LogP contribution in [0.2, 0.25) is 0 Å². The first kappa shape index (κ1) is 18.2. The quantitative estimate of drug-likeness (QED) is 0.730. The molecule has 1 atom stereocenters. The SMILES string of the molecule is CCOC(=O)C1=C(C)Nc2nnnn2[C@H]1c1cc(Br)ccc1OC(F)F. The van der Waals surface area contributed by atoms with Crippen LogP contribution in [0.5, 0.6) is 5.75 Å². The smallest absolute Gasteiger partial charge is 0.387 e. The zero-order chi connectivity index (χ0) is 18.8. The Labute approximate surface area is 155 Å². The first-order valence-corrected chi connectivity index (χ1v) is 8.38. The van der Waals surface area contributed by atoms with E-state index in [2.05, 4.69) is 41.5 Å². The fourth-order valence-electron chi connectivity index (χ4n) is 2.71. The van der Waals surface area contributed by atoms with E-state index in [1.807, 2.05) is 0 Å². The van der Waals surface area contributed by atoms with Crippen molar-refractivity contribution in [3.8, 4) is 5.75 Å². The number of esters is 1. The van der Waals surface area contributed by atoms with Crippen molar-refractivity contribution in [1.29, 1.82) is 0 Å². The van der Waals surface area contributed by atoms with Gasteiger partial charge in [-0.1, -0.05) is 21.0 Å². The molecule has 11 heteroatoms. The molecule has 8 nitrogen and oxygen atoms in total. The molecule has 1 aromatic carbocycles. The molecule has 1 aliphatic rings. The highest BCUT2D eigenvalue weighted by Crippen LogP contribution is 2.40. The van der Waals surface area contributed by atoms with E-state index >= 15 is 0 Å². The zero-order valence-electron chi connectivity index (χ0n) is 13.7. The first-order chi connectivity index (χ1) is 12.4. The molecular weight excluding hydrogens is 416 g/mol. The number of allylic oxidation sites excluding steroid dienone is 1. The fraction of sp³-hybridized carbons (Fsp3) is 0.333. The maximum absolute atomic E-state index is 12.9. The average Bonchev–Trinajstić information content (AvgIpc) is 3.03. The number of nitrogens with one attached hydrogen (secondary N) is 1. The van der Waals surface area contributed by atoms with Gasteiger partial charge in [0.15, 0.2) is 0 Å². The largest absolute Gasteiger partial charge is 0.463 e. The van der Waals surface area contributed by atoms with Gasteiger partial charge in [0, 0.05) is 15.7 Å². The van der Waals surface area contributed by atoms with Gasteiger partial charge in [-0.25, -0.2) is 4.79 Å². The lowest BCUT2D eigenvalue weighted by Crippen LogP contribution is -2.30. The Hall–Kier alpha value is -2.56. The number of ether oxygens (including phenoxy) is 2. The summed E-state index contributed by atoms with van der Waals surface area (Å²) < 4.78 is 37.4. The number of hydrogen-bond acceptors (Lipinski definition) is 7. The van der Waals surface area contributed by atoms with Gasteiger partial charge in [-0.15, -0.1) is 0 Å². The molecule has 138 valence electrons. The zero-order valence-corrected chi connectivity index (χ0v) is 15.3. The van der Waals surface area contributed by atoms with Gasteiger partial charge in [-0.3, -0.25) is 0 Å². The van der Waals surface area contributed by atoms with E-state index in [9.17, 15) is 13.6 Å². The van der Waals surface area contributed by atoms with Crippen LogP contribution < -0.4 is 10.1 Å². The summed E-state index contributed by atoms with van der Waals surface area (Å²) in [5.41, 5.74) is 0.944. The molecule has 26 heavy (non-hydrogen) atoms. The summed E-state index contributed by atoms with van der Waals surface area (Å²) in [6.45, 7) is 0.458. The van der Waals surface area contributed by atoms with Crippen LogP contribution in [0.4, 0.5) is 14.7 Å². The predicted octanol–water partition coefficient (Wildman–Crippen LogP) is 2.89. The number of aromatic nitrogens is 4. The molecule has 3 rings (SSSR count). The summed E-state index contributed by atoms with van der Waals surface area (Å²) >= 11 is 3.31. The monoisotopic (exact) mass is 429 g/mol. The van der Waals surface area contributed by atoms with Crippen LogP contribution in [0.1, 0.15) is 25.5 Å². The molecule has 0 amide bonds. The maximum Gasteiger partial charge on any atom is 0.387 e. The molecule has 0 radical (unpaired) electrons. The van der Waals surface area contributed by atoms with Crippen molar-refractivity contribution in [3.63, 3.8) is 0 Å². The second kappa shape index (κ2) is 7.36. The Morgan fingerprint density at radius 3 is 2.92 bits per heavy atom. The maximum atomic E-state index is 12.9. The third-order valence-corrected chi connectivity index (χ3v) is 4.19. The van der Waals surface area contributed by atoms with Gasteiger partial charge < -0.3 is 14.8 Å². The van der Waals surface area contributed by atoms with Gasteiger partial charge in [0.2, 0.25) is 5.95 Å². The molecule has 0 saturated carbocycles. The summed E-state index contributed by atoms with van der Waals surface area (Å²) in [4.78, 5) is 12.5. The van der Waals surface area contributed by atoms with Gasteiger partial charge in [-0.2, -0.15) is 13.5 Å². The van der Waals surface area contributed by atoms with Crippen molar-refractivity contribution in [2.24, 2.45) is 0 Å². The number of hydrogen-bond donors (Lipinski definition) is 1. The third kappa shape index (κ3) is 3.39. The number of tetrazole rings is 1. The van der Waals surface area contributed by atoms with Gasteiger partial charge in [0.25, 0.3) is 0 Å². The minimum absolute atomic E-state index is 0.0915. The van der Waals surface area contributed by atoms with E-state index in [0.717, 1.165) is 0 Å². The van der Waals surface area contributed by atoms with Crippen molar-refractivity contribution in [1.82, 2.24) is 20.2 Å². The molecule has 2 heterocycles. The van der Waals surface area contributed by atoms with Crippen molar-refractivity contribution in [3.05, 3.63) is 39.5 Å². The lowest BCUT2D eigenvalue weighted by molar-refractivity contribution is -0.139. The highest BCUT2D eigenvalue weighted by molar-refractivity contribution is 9.10. The molecule has 0 spiro atoms. The van der Waals surface area contributed by atoms with Crippen molar-refractivity contribution < 1.29 is 23.0 Å². The first-order valence-electron chi connectivity index (χ1n) is 7.59. The molecule has 1 aliphatic heterocycles. The summed E-state index contributed by atoms with van der Waals surface area (Å²) in [6.07, 6.45) is 0. The fourth-order valence-corrected chi connectivity index (χ4v) is 3.09. The van der Waals surface area contributed by atoms with Crippen molar-refractivity contribution in [2.75, 3.05) is 11.9 Å². The van der Waals surface area contributed by atoms with Gasteiger partial charge in [0.05, 0.1) is 12.2 Å². The van der Waals surface area contributed by atoms with Crippen LogP contribution in [0, 0.1) is 0 Å². The normalized spacial score (nSPS) is 16.3. The molecule has 0 fully saturated rings. The van der Waals surface area contributed by atoms with Crippen molar-refractivity contribution >= 4 is 27.8 Å². The second-order valence-electron chi connectivity index (χ2n) is 5.29. The number of halogens is 3. The second-order valence-corrected chi connectivity index (χ2v) is 6.21. The van der Waals surface area contributed by atoms with E-state index in [-0.39, 0.29) is 29.4 Å². The molecule has 1 N–H and O–H groups in total. The minimum atomic E-state index is -3.03. The van der Waals surface area contributed by atoms with Crippen LogP contribution >= 0.6 is 15.9 Å². The highest BCUT2D eigenvalue weighted by Gasteiger charge is 2.37. The molecule has 0 aliphatic carbocycles. The number of carbonyl (C=O) groups is 1. The number of nitrogens with zero attached hydrogens (tertiary/aromatic N) is 4. The number of fused-ring (bicyclic) bond motifs is 1. The number of rotatable bonds is 5. The minimum Gasteiger partial charge on any atom is -0.463 e. The van der Waals surface area contributed by atoms with E-state index in [1.54, 1.807) is 26.0 Å². The van der Waals surface area contributed by atoms with Crippen LogP contribution in [-0.4, -0.2) is 39.4 Å². The lowest BCUT2D eigenvalue weighted by Gasteiger charge is -2.28. The number of benzene rings is 1. The Morgan fingerprint density at radius 1 is 1.46 bits per heavy atom. The number of carbonyl (C=O) groups excluding carboxylic acids is 1. The van der Waals surface area contributed by atoms with E-state index in [1.165, 1.54) is 10.7 Å². The summed E-state index contributed by atoms with van der Waals surface area (Å²) in [5, 5.41) is 14.2. The molecule has 0 saturated heterocycles. The lowest BCUT2D eigenvalue weighted by atomic mass is 9.95. The van der Waals surface area contributed by atoms with Crippen LogP contribution in [0.25, 0.3) is 0 Å². The summed E-state index contributed by atoms with van der Waals surface area (Å²) in [5.74, 6) is -0.429. The molecule has 2 aromatic rings. The van der Waals surface area contributed by atoms with Crippen LogP contribution in [0.15, 0.2) is 33.9 Å². The summed E-state index contributed by atoms with van der Waals surface area (Å²) in [6, 6.07) is 3.62. The van der Waals surface area contributed by atoms with Crippen LogP contribution in [-0.2, 0) is 9.53 Å². The molecule has 0 bridgehead atoms. The number of anilines is 1. The van der Waals surface area contributed by atoms with E-state index in [0.29, 0.717) is 10.2 Å². The molecule has 1 aromatic heterocycles. The predicted molar refractivity (Wildman–Crippen MR) is 89.7 cm³/mol. The Morgan fingerprint density at radius 2 is 2.23 bits per heavy atom. The van der Waals surface area contributed by atoms with Gasteiger partial charge >= 0.3 is 12.6 Å². The average molecular weight is 430 g/mol. The van der Waals surface area contributed by atoms with Gasteiger partial charge in [0.1, 0.15) is 11.8 Å². The number of alkyl halides is 2. The standard InChI is InChI=1S/C15H14BrF2N5O3/c1-3-25-13(24)11-7(2)19-15-20-21-22-23(15)12(11)9-6-8(16)4-5-10(9)26-14(17)18/h4-6,12,14H,3H2,1-2H3,(H,19,20,22)/t12-/m0/s1. The Kier molecular flexibility index (Phi) is 5.16. The van der Waals surface area contributed by atoms with E-state index < -0.39 is 18.6 Å². The molecule has 0 unspecified atom stereocenters. The van der Waals surface area contributed by atoms with Crippen molar-refractivity contribution in [2.45, 2.75) is 26.5 Å². The topological polar surface area (TPSA) is 91.2 Å². The van der Waals surface area contributed by atoms with Gasteiger partial charge in [-0.05, 0) is 42.5 Å². The van der Waals surface area contributed by atoms with E-state index in [4.69, 9.17) is 4.74 Å². The Balaban J connectivity index is 2.20.